The first kappa shape index (κ1) is 25.3. The van der Waals surface area contributed by atoms with E-state index in [2.05, 4.69) is 15.2 Å². The van der Waals surface area contributed by atoms with Gasteiger partial charge in [0, 0.05) is 31.0 Å². The van der Waals surface area contributed by atoms with Crippen molar-refractivity contribution in [3.63, 3.8) is 0 Å². The minimum Gasteiger partial charge on any atom is -0.508 e. The van der Waals surface area contributed by atoms with Gasteiger partial charge in [-0.2, -0.15) is 0 Å². The van der Waals surface area contributed by atoms with Crippen LogP contribution in [-0.2, 0) is 14.2 Å². The maximum atomic E-state index is 12.4. The van der Waals surface area contributed by atoms with E-state index in [9.17, 15) is 9.90 Å². The fourth-order valence-corrected chi connectivity index (χ4v) is 5.09. The first-order valence-corrected chi connectivity index (χ1v) is 12.3. The molecule has 9 nitrogen and oxygen atoms in total. The van der Waals surface area contributed by atoms with Crippen LogP contribution < -0.4 is 15.0 Å². The predicted octanol–water partition coefficient (Wildman–Crippen LogP) is 4.07. The van der Waals surface area contributed by atoms with E-state index in [-0.39, 0.29) is 24.5 Å². The lowest BCUT2D eigenvalue weighted by Crippen LogP contribution is -2.48. The zero-order valence-electron chi connectivity index (χ0n) is 21.1. The van der Waals surface area contributed by atoms with Gasteiger partial charge in [0.25, 0.3) is 0 Å². The van der Waals surface area contributed by atoms with E-state index in [0.29, 0.717) is 19.1 Å². The summed E-state index contributed by atoms with van der Waals surface area (Å²) in [4.78, 5) is 19.3. The van der Waals surface area contributed by atoms with Crippen LogP contribution in [0.4, 0.5) is 10.5 Å². The molecule has 4 rings (SSSR count). The number of anilines is 1. The zero-order chi connectivity index (χ0) is 25.0. The highest BCUT2D eigenvalue weighted by atomic mass is 16.7. The second kappa shape index (κ2) is 10.9. The van der Waals surface area contributed by atoms with Crippen molar-refractivity contribution in [2.24, 2.45) is 11.8 Å². The molecule has 1 aromatic carbocycles. The summed E-state index contributed by atoms with van der Waals surface area (Å²) in [6.07, 6.45) is 4.11. The van der Waals surface area contributed by atoms with Gasteiger partial charge >= 0.3 is 6.09 Å². The summed E-state index contributed by atoms with van der Waals surface area (Å²) in [5, 5.41) is 14.1. The minimum atomic E-state index is -0.543. The molecule has 0 spiro atoms. The summed E-state index contributed by atoms with van der Waals surface area (Å²) < 4.78 is 22.2. The number of hydrogen-bond donors (Lipinski definition) is 2. The molecular formula is C26H37N3O6. The van der Waals surface area contributed by atoms with Crippen LogP contribution in [0.25, 0.3) is 10.9 Å². The molecule has 0 bridgehead atoms. The van der Waals surface area contributed by atoms with E-state index in [0.717, 1.165) is 54.7 Å². The standard InChI is InChI=1S/C26H37N3O6/c1-26(2,3)35-25(31)28-21-7-5-17(11-18(21)15-33-16-32-4)14-29-9-10-34-23-13-27-22-8-6-19(30)12-20(22)24(23)29/h6,8,12-13,17-18,21,30H,5,7,9-11,14-16H2,1-4H3,(H,28,31)/t17-,18?,21-/m1/s1. The van der Waals surface area contributed by atoms with Crippen molar-refractivity contribution in [3.05, 3.63) is 24.4 Å². The van der Waals surface area contributed by atoms with Crippen molar-refractivity contribution < 1.29 is 28.8 Å². The van der Waals surface area contributed by atoms with Crippen LogP contribution in [-0.4, -0.2) is 68.0 Å². The fourth-order valence-electron chi connectivity index (χ4n) is 5.09. The Morgan fingerprint density at radius 1 is 1.31 bits per heavy atom. The number of carbonyl (C=O) groups excluding carboxylic acids is 1. The van der Waals surface area contributed by atoms with Gasteiger partial charge in [0.2, 0.25) is 0 Å². The summed E-state index contributed by atoms with van der Waals surface area (Å²) in [6, 6.07) is 5.22. The van der Waals surface area contributed by atoms with Crippen molar-refractivity contribution in [2.75, 3.05) is 45.1 Å². The van der Waals surface area contributed by atoms with Gasteiger partial charge in [-0.1, -0.05) is 0 Å². The number of rotatable bonds is 7. The summed E-state index contributed by atoms with van der Waals surface area (Å²) >= 11 is 0. The fraction of sp³-hybridized carbons (Fsp3) is 0.615. The second-order valence-corrected chi connectivity index (χ2v) is 10.4. The number of alkyl carbamates (subject to hydrolysis) is 1. The Labute approximate surface area is 206 Å². The third kappa shape index (κ3) is 6.46. The number of carbonyl (C=O) groups is 1. The Bertz CT molecular complexity index is 1020. The highest BCUT2D eigenvalue weighted by Crippen LogP contribution is 2.40. The number of pyridine rings is 1. The first-order chi connectivity index (χ1) is 16.7. The lowest BCUT2D eigenvalue weighted by molar-refractivity contribution is -0.0542. The molecule has 1 aromatic heterocycles. The molecule has 2 N–H and O–H groups in total. The van der Waals surface area contributed by atoms with Gasteiger partial charge in [-0.3, -0.25) is 4.98 Å². The number of amides is 1. The van der Waals surface area contributed by atoms with Crippen molar-refractivity contribution in [1.82, 2.24) is 10.3 Å². The largest absolute Gasteiger partial charge is 0.508 e. The number of phenols is 1. The average Bonchev–Trinajstić information content (AvgIpc) is 2.79. The molecule has 1 unspecified atom stereocenters. The molecule has 1 aliphatic carbocycles. The van der Waals surface area contributed by atoms with Crippen LogP contribution in [0.5, 0.6) is 11.5 Å². The number of hydrogen-bond acceptors (Lipinski definition) is 8. The zero-order valence-corrected chi connectivity index (χ0v) is 21.1. The molecular weight excluding hydrogens is 450 g/mol. The molecule has 0 saturated heterocycles. The SMILES string of the molecule is COCOCC1C[C@H](CN2CCOc3cnc4ccc(O)cc4c32)CC[C@H]1NC(=O)OC(C)(C)C. The molecule has 0 radical (unpaired) electrons. The molecule has 2 aromatic rings. The summed E-state index contributed by atoms with van der Waals surface area (Å²) in [5.41, 5.74) is 1.27. The Balaban J connectivity index is 1.48. The number of benzene rings is 1. The van der Waals surface area contributed by atoms with Crippen molar-refractivity contribution in [2.45, 2.75) is 51.7 Å². The third-order valence-electron chi connectivity index (χ3n) is 6.53. The number of methoxy groups -OCH3 is 1. The lowest BCUT2D eigenvalue weighted by Gasteiger charge is -2.40. The molecule has 1 amide bonds. The van der Waals surface area contributed by atoms with Crippen molar-refractivity contribution in [1.29, 1.82) is 0 Å². The van der Waals surface area contributed by atoms with Crippen LogP contribution in [0.2, 0.25) is 0 Å². The quantitative estimate of drug-likeness (QED) is 0.445. The molecule has 2 aliphatic rings. The number of fused-ring (bicyclic) bond motifs is 3. The van der Waals surface area contributed by atoms with E-state index in [1.807, 2.05) is 26.8 Å². The number of nitrogens with zero attached hydrogens (tertiary/aromatic N) is 2. The summed E-state index contributed by atoms with van der Waals surface area (Å²) in [7, 11) is 1.60. The number of aromatic nitrogens is 1. The topological polar surface area (TPSA) is 102 Å². The Hall–Kier alpha value is -2.78. The predicted molar refractivity (Wildman–Crippen MR) is 133 cm³/mol. The smallest absolute Gasteiger partial charge is 0.407 e. The third-order valence-corrected chi connectivity index (χ3v) is 6.53. The monoisotopic (exact) mass is 487 g/mol. The second-order valence-electron chi connectivity index (χ2n) is 10.4. The van der Waals surface area contributed by atoms with Crippen LogP contribution in [0.1, 0.15) is 40.0 Å². The molecule has 9 heteroatoms. The summed E-state index contributed by atoms with van der Waals surface area (Å²) in [6.45, 7) is 8.53. The average molecular weight is 488 g/mol. The van der Waals surface area contributed by atoms with Gasteiger partial charge < -0.3 is 34.3 Å². The molecule has 3 atom stereocenters. The van der Waals surface area contributed by atoms with E-state index in [1.54, 1.807) is 25.4 Å². The number of ether oxygens (including phenoxy) is 4. The van der Waals surface area contributed by atoms with E-state index < -0.39 is 11.7 Å². The highest BCUT2D eigenvalue weighted by molar-refractivity contribution is 5.96. The minimum absolute atomic E-state index is 0.0168. The first-order valence-electron chi connectivity index (χ1n) is 12.3. The van der Waals surface area contributed by atoms with Crippen LogP contribution in [0, 0.1) is 11.8 Å². The van der Waals surface area contributed by atoms with E-state index >= 15 is 0 Å². The van der Waals surface area contributed by atoms with Gasteiger partial charge in [0.15, 0.2) is 5.75 Å². The number of phenolic OH excluding ortho intramolecular Hbond substituents is 1. The van der Waals surface area contributed by atoms with Gasteiger partial charge in [0.05, 0.1) is 30.6 Å². The normalized spacial score (nSPS) is 22.4. The van der Waals surface area contributed by atoms with Crippen LogP contribution >= 0.6 is 0 Å². The lowest BCUT2D eigenvalue weighted by atomic mass is 9.78. The maximum absolute atomic E-state index is 12.4. The molecule has 1 saturated carbocycles. The Morgan fingerprint density at radius 2 is 2.14 bits per heavy atom. The van der Waals surface area contributed by atoms with Crippen LogP contribution in [0.3, 0.4) is 0 Å². The Kier molecular flexibility index (Phi) is 7.86. The van der Waals surface area contributed by atoms with Crippen molar-refractivity contribution >= 4 is 22.7 Å². The molecule has 1 aliphatic heterocycles. The van der Waals surface area contributed by atoms with Gasteiger partial charge in [-0.15, -0.1) is 0 Å². The van der Waals surface area contributed by atoms with Crippen LogP contribution in [0.15, 0.2) is 24.4 Å². The summed E-state index contributed by atoms with van der Waals surface area (Å²) in [5.74, 6) is 1.52. The molecule has 2 heterocycles. The van der Waals surface area contributed by atoms with E-state index in [4.69, 9.17) is 18.9 Å². The van der Waals surface area contributed by atoms with Gasteiger partial charge in [-0.25, -0.2) is 4.79 Å². The van der Waals surface area contributed by atoms with Crippen molar-refractivity contribution in [3.8, 4) is 11.5 Å². The van der Waals surface area contributed by atoms with E-state index in [1.165, 1.54) is 0 Å². The molecule has 35 heavy (non-hydrogen) atoms. The van der Waals surface area contributed by atoms with Gasteiger partial charge in [0.1, 0.15) is 24.8 Å². The molecule has 1 fully saturated rings. The maximum Gasteiger partial charge on any atom is 0.407 e. The molecule has 192 valence electrons. The number of aromatic hydroxyl groups is 1. The number of nitrogens with one attached hydrogen (secondary N) is 1. The van der Waals surface area contributed by atoms with Gasteiger partial charge in [-0.05, 0) is 64.2 Å². The Morgan fingerprint density at radius 3 is 2.91 bits per heavy atom. The highest BCUT2D eigenvalue weighted by Gasteiger charge is 2.34.